The zero-order valence-corrected chi connectivity index (χ0v) is 10.9. The van der Waals surface area contributed by atoms with E-state index >= 15 is 0 Å². The number of rotatable bonds is 5. The molecule has 7 nitrogen and oxygen atoms in total. The van der Waals surface area contributed by atoms with Gasteiger partial charge < -0.3 is 10.3 Å². The van der Waals surface area contributed by atoms with Crippen molar-refractivity contribution in [2.75, 3.05) is 5.32 Å². The molecule has 2 rings (SSSR count). The molecule has 0 fully saturated rings. The average Bonchev–Trinajstić information content (AvgIpc) is 2.91. The smallest absolute Gasteiger partial charge is 0.289 e. The lowest BCUT2D eigenvalue weighted by molar-refractivity contribution is -0.385. The summed E-state index contributed by atoms with van der Waals surface area (Å²) in [4.78, 5) is 21.2. The van der Waals surface area contributed by atoms with Crippen LogP contribution >= 0.6 is 11.6 Å². The first-order chi connectivity index (χ1) is 9.11. The van der Waals surface area contributed by atoms with E-state index in [1.54, 1.807) is 12.4 Å². The van der Waals surface area contributed by atoms with Crippen molar-refractivity contribution in [3.05, 3.63) is 45.6 Å². The Balaban J connectivity index is 2.21. The van der Waals surface area contributed by atoms with Crippen LogP contribution in [0.4, 0.5) is 11.5 Å². The summed E-state index contributed by atoms with van der Waals surface area (Å²) in [7, 11) is 0. The number of H-pyrrole nitrogens is 1. The van der Waals surface area contributed by atoms with Gasteiger partial charge in [-0.2, -0.15) is 0 Å². The number of aromatic amines is 1. The second-order valence-corrected chi connectivity index (χ2v) is 4.27. The third-order valence-corrected chi connectivity index (χ3v) is 2.89. The lowest BCUT2D eigenvalue weighted by Gasteiger charge is -2.15. The Kier molecular flexibility index (Phi) is 3.96. The second kappa shape index (κ2) is 5.66. The molecule has 2 aromatic heterocycles. The fourth-order valence-corrected chi connectivity index (χ4v) is 1.85. The fourth-order valence-electron chi connectivity index (χ4n) is 1.63. The number of halogens is 1. The van der Waals surface area contributed by atoms with Crippen LogP contribution in [0, 0.1) is 10.1 Å². The summed E-state index contributed by atoms with van der Waals surface area (Å²) in [6, 6.07) is 1.19. The highest BCUT2D eigenvalue weighted by Gasteiger charge is 2.16. The lowest BCUT2D eigenvalue weighted by Crippen LogP contribution is -2.12. The first-order valence-electron chi connectivity index (χ1n) is 5.67. The molecule has 0 aromatic carbocycles. The van der Waals surface area contributed by atoms with Crippen LogP contribution in [0.15, 0.2) is 24.7 Å². The molecule has 0 saturated heterocycles. The van der Waals surface area contributed by atoms with Gasteiger partial charge in [-0.05, 0) is 6.42 Å². The maximum absolute atomic E-state index is 10.6. The van der Waals surface area contributed by atoms with Crippen molar-refractivity contribution in [1.82, 2.24) is 15.0 Å². The molecular weight excluding hydrogens is 270 g/mol. The molecule has 1 unspecified atom stereocenters. The first kappa shape index (κ1) is 13.3. The number of hydrogen-bond acceptors (Lipinski definition) is 5. The van der Waals surface area contributed by atoms with Crippen LogP contribution in [0.2, 0.25) is 5.02 Å². The summed E-state index contributed by atoms with van der Waals surface area (Å²) in [6.45, 7) is 1.99. The van der Waals surface area contributed by atoms with Gasteiger partial charge in [0, 0.05) is 18.5 Å². The van der Waals surface area contributed by atoms with Crippen molar-refractivity contribution in [1.29, 1.82) is 0 Å². The van der Waals surface area contributed by atoms with Crippen molar-refractivity contribution >= 4 is 23.1 Å². The van der Waals surface area contributed by atoms with Gasteiger partial charge in [0.25, 0.3) is 5.69 Å². The molecule has 8 heteroatoms. The maximum Gasteiger partial charge on any atom is 0.289 e. The molecule has 0 radical (unpaired) electrons. The van der Waals surface area contributed by atoms with Gasteiger partial charge in [0.15, 0.2) is 0 Å². The second-order valence-electron chi connectivity index (χ2n) is 3.86. The van der Waals surface area contributed by atoms with Crippen LogP contribution in [0.3, 0.4) is 0 Å². The highest BCUT2D eigenvalue weighted by atomic mass is 35.5. The number of nitrogens with one attached hydrogen (secondary N) is 2. The predicted molar refractivity (Wildman–Crippen MR) is 71.1 cm³/mol. The van der Waals surface area contributed by atoms with E-state index < -0.39 is 4.92 Å². The van der Waals surface area contributed by atoms with Gasteiger partial charge in [-0.3, -0.25) is 10.1 Å². The summed E-state index contributed by atoms with van der Waals surface area (Å²) in [5.41, 5.74) is -0.137. The van der Waals surface area contributed by atoms with E-state index in [4.69, 9.17) is 11.6 Å². The van der Waals surface area contributed by atoms with Crippen molar-refractivity contribution in [3.63, 3.8) is 0 Å². The van der Waals surface area contributed by atoms with E-state index in [9.17, 15) is 10.1 Å². The van der Waals surface area contributed by atoms with E-state index in [0.717, 1.165) is 12.2 Å². The minimum Gasteiger partial charge on any atom is -0.359 e. The quantitative estimate of drug-likeness (QED) is 0.649. The summed E-state index contributed by atoms with van der Waals surface area (Å²) < 4.78 is 0. The Morgan fingerprint density at radius 1 is 1.58 bits per heavy atom. The van der Waals surface area contributed by atoms with E-state index in [0.29, 0.717) is 5.82 Å². The van der Waals surface area contributed by atoms with Gasteiger partial charge in [0.1, 0.15) is 17.8 Å². The Bertz CT molecular complexity index is 572. The SMILES string of the molecule is CCC(Nc1ncc([N+](=O)[O-])cc1Cl)c1ncc[nH]1. The zero-order chi connectivity index (χ0) is 13.8. The summed E-state index contributed by atoms with van der Waals surface area (Å²) in [6.07, 6.45) is 5.32. The molecule has 0 amide bonds. The van der Waals surface area contributed by atoms with Gasteiger partial charge in [-0.1, -0.05) is 18.5 Å². The Hall–Kier alpha value is -2.15. The highest BCUT2D eigenvalue weighted by molar-refractivity contribution is 6.33. The molecule has 0 aliphatic carbocycles. The Morgan fingerprint density at radius 2 is 2.37 bits per heavy atom. The summed E-state index contributed by atoms with van der Waals surface area (Å²) >= 11 is 5.98. The van der Waals surface area contributed by atoms with Crippen molar-refractivity contribution in [2.45, 2.75) is 19.4 Å². The molecule has 1 atom stereocenters. The number of imidazole rings is 1. The molecule has 0 bridgehead atoms. The van der Waals surface area contributed by atoms with Crippen molar-refractivity contribution < 1.29 is 4.92 Å². The molecule has 100 valence electrons. The van der Waals surface area contributed by atoms with Crippen LogP contribution in [-0.4, -0.2) is 19.9 Å². The van der Waals surface area contributed by atoms with Crippen molar-refractivity contribution in [2.24, 2.45) is 0 Å². The van der Waals surface area contributed by atoms with E-state index in [1.807, 2.05) is 6.92 Å². The Morgan fingerprint density at radius 3 is 2.89 bits per heavy atom. The highest BCUT2D eigenvalue weighted by Crippen LogP contribution is 2.27. The lowest BCUT2D eigenvalue weighted by atomic mass is 10.2. The predicted octanol–water partition coefficient (Wildman–Crippen LogP) is 2.93. The molecule has 19 heavy (non-hydrogen) atoms. The fraction of sp³-hybridized carbons (Fsp3) is 0.273. The molecular formula is C11H12ClN5O2. The first-order valence-corrected chi connectivity index (χ1v) is 6.05. The molecule has 0 aliphatic heterocycles. The Labute approximate surface area is 114 Å². The third-order valence-electron chi connectivity index (χ3n) is 2.61. The molecule has 0 aliphatic rings. The minimum absolute atomic E-state index is 0.0820. The van der Waals surface area contributed by atoms with Gasteiger partial charge in [-0.25, -0.2) is 9.97 Å². The topological polar surface area (TPSA) is 96.7 Å². The maximum atomic E-state index is 10.6. The van der Waals surface area contributed by atoms with E-state index in [2.05, 4.69) is 20.3 Å². The zero-order valence-electron chi connectivity index (χ0n) is 10.1. The van der Waals surface area contributed by atoms with E-state index in [-0.39, 0.29) is 16.8 Å². The number of anilines is 1. The van der Waals surface area contributed by atoms with Gasteiger partial charge in [0.05, 0.1) is 16.0 Å². The number of hydrogen-bond donors (Lipinski definition) is 2. The van der Waals surface area contributed by atoms with Crippen molar-refractivity contribution in [3.8, 4) is 0 Å². The van der Waals surface area contributed by atoms with Crippen LogP contribution in [0.1, 0.15) is 25.2 Å². The summed E-state index contributed by atoms with van der Waals surface area (Å²) in [5.74, 6) is 1.16. The van der Waals surface area contributed by atoms with Gasteiger partial charge in [-0.15, -0.1) is 0 Å². The largest absolute Gasteiger partial charge is 0.359 e. The number of aromatic nitrogens is 3. The van der Waals surface area contributed by atoms with Gasteiger partial charge in [0.2, 0.25) is 0 Å². The van der Waals surface area contributed by atoms with E-state index in [1.165, 1.54) is 12.3 Å². The molecule has 2 N–H and O–H groups in total. The molecule has 0 spiro atoms. The van der Waals surface area contributed by atoms with Crippen LogP contribution in [0.5, 0.6) is 0 Å². The number of nitro groups is 1. The molecule has 2 heterocycles. The van der Waals surface area contributed by atoms with Gasteiger partial charge >= 0.3 is 0 Å². The van der Waals surface area contributed by atoms with Crippen LogP contribution in [-0.2, 0) is 0 Å². The number of nitrogens with zero attached hydrogens (tertiary/aromatic N) is 3. The standard InChI is InChI=1S/C11H12ClN5O2/c1-2-9(11-13-3-4-14-11)16-10-8(12)5-7(6-15-10)17(18)19/h3-6,9H,2H2,1H3,(H,13,14)(H,15,16). The minimum atomic E-state index is -0.535. The van der Waals surface area contributed by atoms with Crippen LogP contribution < -0.4 is 5.32 Å². The molecule has 0 saturated carbocycles. The normalized spacial score (nSPS) is 12.1. The van der Waals surface area contributed by atoms with Crippen LogP contribution in [0.25, 0.3) is 0 Å². The molecule has 2 aromatic rings. The third kappa shape index (κ3) is 3.00. The number of pyridine rings is 1. The average molecular weight is 282 g/mol. The monoisotopic (exact) mass is 281 g/mol. The summed E-state index contributed by atoms with van der Waals surface area (Å²) in [5, 5.41) is 13.9.